The summed E-state index contributed by atoms with van der Waals surface area (Å²) in [6.45, 7) is 0.497. The number of amides is 1. The Bertz CT molecular complexity index is 567. The second kappa shape index (κ2) is 6.29. The summed E-state index contributed by atoms with van der Waals surface area (Å²) in [5, 5.41) is 12.1. The van der Waals surface area contributed by atoms with Crippen molar-refractivity contribution in [2.24, 2.45) is 0 Å². The zero-order chi connectivity index (χ0) is 13.7. The highest BCUT2D eigenvalue weighted by Crippen LogP contribution is 2.19. The highest BCUT2D eigenvalue weighted by molar-refractivity contribution is 7.98. The molecule has 3 nitrogen and oxygen atoms in total. The van der Waals surface area contributed by atoms with Crippen LogP contribution in [0.3, 0.4) is 0 Å². The van der Waals surface area contributed by atoms with Gasteiger partial charge in [0.15, 0.2) is 0 Å². The smallest absolute Gasteiger partial charge is 0.251 e. The number of phenols is 1. The zero-order valence-corrected chi connectivity index (χ0v) is 11.4. The van der Waals surface area contributed by atoms with E-state index in [0.29, 0.717) is 12.1 Å². The summed E-state index contributed by atoms with van der Waals surface area (Å²) in [7, 11) is 0. The molecule has 2 rings (SSSR count). The number of nitrogens with one attached hydrogen (secondary N) is 1. The Morgan fingerprint density at radius 1 is 1.16 bits per heavy atom. The number of thioether (sulfide) groups is 1. The number of benzene rings is 2. The molecule has 0 radical (unpaired) electrons. The van der Waals surface area contributed by atoms with Crippen molar-refractivity contribution in [3.8, 4) is 5.75 Å². The lowest BCUT2D eigenvalue weighted by atomic mass is 10.2. The maximum absolute atomic E-state index is 11.9. The Morgan fingerprint density at radius 3 is 2.53 bits per heavy atom. The fraction of sp³-hybridized carbons (Fsp3) is 0.133. The van der Waals surface area contributed by atoms with Crippen molar-refractivity contribution < 1.29 is 9.90 Å². The van der Waals surface area contributed by atoms with Gasteiger partial charge >= 0.3 is 0 Å². The molecule has 0 fully saturated rings. The third kappa shape index (κ3) is 3.51. The van der Waals surface area contributed by atoms with E-state index in [1.807, 2.05) is 30.5 Å². The van der Waals surface area contributed by atoms with E-state index in [2.05, 4.69) is 5.32 Å². The summed E-state index contributed by atoms with van der Waals surface area (Å²) < 4.78 is 0. The Kier molecular flexibility index (Phi) is 4.47. The van der Waals surface area contributed by atoms with Gasteiger partial charge in [-0.15, -0.1) is 11.8 Å². The van der Waals surface area contributed by atoms with Crippen LogP contribution in [0.2, 0.25) is 0 Å². The van der Waals surface area contributed by atoms with Gasteiger partial charge in [-0.1, -0.05) is 18.2 Å². The molecule has 0 saturated heterocycles. The van der Waals surface area contributed by atoms with Crippen LogP contribution < -0.4 is 5.32 Å². The third-order valence-electron chi connectivity index (χ3n) is 2.76. The third-order valence-corrected chi connectivity index (χ3v) is 3.60. The average Bonchev–Trinajstić information content (AvgIpc) is 2.45. The molecule has 0 aliphatic rings. The summed E-state index contributed by atoms with van der Waals surface area (Å²) in [6, 6.07) is 14.2. The van der Waals surface area contributed by atoms with Gasteiger partial charge in [-0.3, -0.25) is 4.79 Å². The molecule has 0 spiro atoms. The van der Waals surface area contributed by atoms with E-state index in [0.717, 1.165) is 10.5 Å². The molecule has 0 saturated carbocycles. The maximum Gasteiger partial charge on any atom is 0.251 e. The molecule has 0 aliphatic carbocycles. The first-order valence-electron chi connectivity index (χ1n) is 5.90. The van der Waals surface area contributed by atoms with Gasteiger partial charge in [0.1, 0.15) is 5.75 Å². The van der Waals surface area contributed by atoms with Gasteiger partial charge in [0.25, 0.3) is 5.91 Å². The molecular weight excluding hydrogens is 258 g/mol. The van der Waals surface area contributed by atoms with Crippen LogP contribution in [-0.4, -0.2) is 17.3 Å². The summed E-state index contributed by atoms with van der Waals surface area (Å²) in [6.07, 6.45) is 2.01. The molecular formula is C15H15NO2S. The van der Waals surface area contributed by atoms with E-state index < -0.39 is 0 Å². The number of phenolic OH excluding ortho intramolecular Hbond substituents is 1. The van der Waals surface area contributed by atoms with Crippen molar-refractivity contribution >= 4 is 17.7 Å². The van der Waals surface area contributed by atoms with Crippen LogP contribution in [0.15, 0.2) is 53.4 Å². The SMILES string of the molecule is CSc1ccccc1CNC(=O)c1ccc(O)cc1. The molecule has 98 valence electrons. The van der Waals surface area contributed by atoms with Crippen molar-refractivity contribution in [2.45, 2.75) is 11.4 Å². The van der Waals surface area contributed by atoms with Crippen LogP contribution in [0, 0.1) is 0 Å². The Labute approximate surface area is 116 Å². The highest BCUT2D eigenvalue weighted by Gasteiger charge is 2.06. The van der Waals surface area contributed by atoms with E-state index in [9.17, 15) is 9.90 Å². The molecule has 0 unspecified atom stereocenters. The van der Waals surface area contributed by atoms with E-state index in [1.54, 1.807) is 23.9 Å². The minimum atomic E-state index is -0.143. The number of hydrogen-bond donors (Lipinski definition) is 2. The number of carbonyl (C=O) groups excluding carboxylic acids is 1. The van der Waals surface area contributed by atoms with E-state index in [-0.39, 0.29) is 11.7 Å². The monoisotopic (exact) mass is 273 g/mol. The Balaban J connectivity index is 2.02. The van der Waals surface area contributed by atoms with Crippen LogP contribution in [-0.2, 0) is 6.54 Å². The molecule has 0 bridgehead atoms. The van der Waals surface area contributed by atoms with Gasteiger partial charge in [0.05, 0.1) is 0 Å². The van der Waals surface area contributed by atoms with Gasteiger partial charge < -0.3 is 10.4 Å². The summed E-state index contributed by atoms with van der Waals surface area (Å²) in [4.78, 5) is 13.1. The molecule has 2 N–H and O–H groups in total. The Hall–Kier alpha value is -1.94. The summed E-state index contributed by atoms with van der Waals surface area (Å²) >= 11 is 1.66. The van der Waals surface area contributed by atoms with Crippen LogP contribution in [0.5, 0.6) is 5.75 Å². The maximum atomic E-state index is 11.9. The molecule has 2 aromatic rings. The molecule has 19 heavy (non-hydrogen) atoms. The molecule has 0 aliphatic heterocycles. The van der Waals surface area contributed by atoms with E-state index in [1.165, 1.54) is 12.1 Å². The fourth-order valence-corrected chi connectivity index (χ4v) is 2.36. The number of rotatable bonds is 4. The first-order valence-corrected chi connectivity index (χ1v) is 7.12. The second-order valence-corrected chi connectivity index (χ2v) is 4.89. The first-order chi connectivity index (χ1) is 9.20. The lowest BCUT2D eigenvalue weighted by Crippen LogP contribution is -2.22. The van der Waals surface area contributed by atoms with Crippen LogP contribution >= 0.6 is 11.8 Å². The average molecular weight is 273 g/mol. The Morgan fingerprint density at radius 2 is 1.84 bits per heavy atom. The van der Waals surface area contributed by atoms with Gasteiger partial charge in [-0.05, 0) is 42.2 Å². The van der Waals surface area contributed by atoms with Crippen molar-refractivity contribution in [1.82, 2.24) is 5.32 Å². The van der Waals surface area contributed by atoms with Gasteiger partial charge in [0, 0.05) is 17.0 Å². The topological polar surface area (TPSA) is 49.3 Å². The highest BCUT2D eigenvalue weighted by atomic mass is 32.2. The summed E-state index contributed by atoms with van der Waals surface area (Å²) in [5.41, 5.74) is 1.64. The molecule has 0 atom stereocenters. The van der Waals surface area contributed by atoms with E-state index >= 15 is 0 Å². The summed E-state index contributed by atoms with van der Waals surface area (Å²) in [5.74, 6) is 0.0141. The van der Waals surface area contributed by atoms with Crippen LogP contribution in [0.25, 0.3) is 0 Å². The lowest BCUT2D eigenvalue weighted by molar-refractivity contribution is 0.0950. The van der Waals surface area contributed by atoms with Gasteiger partial charge in [-0.25, -0.2) is 0 Å². The minimum absolute atomic E-state index is 0.143. The minimum Gasteiger partial charge on any atom is -0.508 e. The van der Waals surface area contributed by atoms with Gasteiger partial charge in [-0.2, -0.15) is 0 Å². The molecule has 4 heteroatoms. The lowest BCUT2D eigenvalue weighted by Gasteiger charge is -2.09. The van der Waals surface area contributed by atoms with Crippen molar-refractivity contribution in [3.05, 3.63) is 59.7 Å². The number of aromatic hydroxyl groups is 1. The molecule has 1 amide bonds. The predicted octanol–water partition coefficient (Wildman–Crippen LogP) is 3.04. The van der Waals surface area contributed by atoms with Gasteiger partial charge in [0.2, 0.25) is 0 Å². The largest absolute Gasteiger partial charge is 0.508 e. The molecule has 0 heterocycles. The van der Waals surface area contributed by atoms with Crippen molar-refractivity contribution in [3.63, 3.8) is 0 Å². The predicted molar refractivity (Wildman–Crippen MR) is 77.5 cm³/mol. The standard InChI is InChI=1S/C15H15NO2S/c1-19-14-5-3-2-4-12(14)10-16-15(18)11-6-8-13(17)9-7-11/h2-9,17H,10H2,1H3,(H,16,18). The molecule has 2 aromatic carbocycles. The van der Waals surface area contributed by atoms with Crippen LogP contribution in [0.1, 0.15) is 15.9 Å². The quantitative estimate of drug-likeness (QED) is 0.842. The molecule has 0 aromatic heterocycles. The van der Waals surface area contributed by atoms with Crippen LogP contribution in [0.4, 0.5) is 0 Å². The normalized spacial score (nSPS) is 10.2. The fourth-order valence-electron chi connectivity index (χ4n) is 1.74. The van der Waals surface area contributed by atoms with Crippen molar-refractivity contribution in [1.29, 1.82) is 0 Å². The zero-order valence-electron chi connectivity index (χ0n) is 10.6. The van der Waals surface area contributed by atoms with Crippen molar-refractivity contribution in [2.75, 3.05) is 6.26 Å². The van der Waals surface area contributed by atoms with E-state index in [4.69, 9.17) is 0 Å². The second-order valence-electron chi connectivity index (χ2n) is 4.04. The number of carbonyl (C=O) groups is 1. The first kappa shape index (κ1) is 13.5. The number of hydrogen-bond acceptors (Lipinski definition) is 3.